The number of aliphatic hydroxyl groups is 2. The first-order valence-electron chi connectivity index (χ1n) is 11.3. The number of methoxy groups -OCH3 is 1. The SMILES string of the molecule is C.CO[C@@H]1C(=O)Nc2ccc(CC[C@]3(C)CC[C@H](O)[C@@H](C)C3)c(O)c2[C@@]1(O)c1ccccc1. The topological polar surface area (TPSA) is 99.0 Å². The standard InChI is InChI=1S/C26H33NO5.CH4/c1-16-15-25(2,14-12-20(16)28)13-11-17-9-10-19-21(22(17)29)26(31,18-7-5-4-6-8-18)23(32-3)24(30)27-19;/h4-10,16,20,23,28-29,31H,11-15H2,1-3H3,(H,27,30);1H4/t16-,20-,23+,25+,26-;/m0./s1. The van der Waals surface area contributed by atoms with E-state index in [1.54, 1.807) is 30.3 Å². The number of ether oxygens (including phenoxy) is 1. The largest absolute Gasteiger partial charge is 0.507 e. The summed E-state index contributed by atoms with van der Waals surface area (Å²) < 4.78 is 5.42. The summed E-state index contributed by atoms with van der Waals surface area (Å²) in [5.41, 5.74) is 0.129. The van der Waals surface area contributed by atoms with Crippen LogP contribution in [-0.4, -0.2) is 40.5 Å². The maximum Gasteiger partial charge on any atom is 0.257 e. The van der Waals surface area contributed by atoms with E-state index in [0.717, 1.165) is 31.2 Å². The van der Waals surface area contributed by atoms with Crippen LogP contribution in [0.2, 0.25) is 0 Å². The summed E-state index contributed by atoms with van der Waals surface area (Å²) in [6.07, 6.45) is 2.74. The van der Waals surface area contributed by atoms with Gasteiger partial charge in [0.2, 0.25) is 0 Å². The van der Waals surface area contributed by atoms with Crippen molar-refractivity contribution >= 4 is 11.6 Å². The van der Waals surface area contributed by atoms with Gasteiger partial charge in [-0.05, 0) is 60.6 Å². The first-order chi connectivity index (χ1) is 15.2. The fraction of sp³-hybridized carbons (Fsp3) is 0.519. The summed E-state index contributed by atoms with van der Waals surface area (Å²) in [6.45, 7) is 4.33. The number of benzene rings is 2. The van der Waals surface area contributed by atoms with E-state index in [9.17, 15) is 20.1 Å². The lowest BCUT2D eigenvalue weighted by Gasteiger charge is -2.41. The summed E-state index contributed by atoms with van der Waals surface area (Å²) >= 11 is 0. The van der Waals surface area contributed by atoms with Crippen LogP contribution in [0.3, 0.4) is 0 Å². The van der Waals surface area contributed by atoms with Crippen LogP contribution in [0.25, 0.3) is 0 Å². The number of aliphatic hydroxyl groups excluding tert-OH is 1. The molecule has 2 aromatic rings. The lowest BCUT2D eigenvalue weighted by molar-refractivity contribution is -0.142. The van der Waals surface area contributed by atoms with Gasteiger partial charge in [0.25, 0.3) is 5.91 Å². The van der Waals surface area contributed by atoms with Crippen LogP contribution in [0.15, 0.2) is 42.5 Å². The number of phenolic OH excluding ortho intramolecular Hbond substituents is 1. The van der Waals surface area contributed by atoms with E-state index < -0.39 is 17.6 Å². The summed E-state index contributed by atoms with van der Waals surface area (Å²) in [7, 11) is 1.38. The van der Waals surface area contributed by atoms with Gasteiger partial charge in [-0.25, -0.2) is 0 Å². The third kappa shape index (κ3) is 4.39. The molecule has 6 nitrogen and oxygen atoms in total. The molecule has 2 aliphatic rings. The molecule has 1 fully saturated rings. The van der Waals surface area contributed by atoms with Crippen LogP contribution >= 0.6 is 0 Å². The number of fused-ring (bicyclic) bond motifs is 1. The molecule has 4 rings (SSSR count). The highest BCUT2D eigenvalue weighted by Crippen LogP contribution is 2.49. The number of carbonyl (C=O) groups is 1. The Morgan fingerprint density at radius 2 is 1.88 bits per heavy atom. The zero-order chi connectivity index (χ0) is 23.1. The third-order valence-corrected chi connectivity index (χ3v) is 7.48. The molecule has 1 saturated carbocycles. The maximum atomic E-state index is 12.7. The van der Waals surface area contributed by atoms with Gasteiger partial charge in [0.1, 0.15) is 5.75 Å². The number of anilines is 1. The number of amides is 1. The van der Waals surface area contributed by atoms with Crippen molar-refractivity contribution < 1.29 is 24.9 Å². The molecule has 0 unspecified atom stereocenters. The molecule has 1 aliphatic carbocycles. The number of hydrogen-bond donors (Lipinski definition) is 4. The van der Waals surface area contributed by atoms with Crippen molar-refractivity contribution in [3.05, 3.63) is 59.2 Å². The second-order valence-corrected chi connectivity index (χ2v) is 9.83. The van der Waals surface area contributed by atoms with E-state index in [0.29, 0.717) is 17.7 Å². The predicted octanol–water partition coefficient (Wildman–Crippen LogP) is 4.35. The van der Waals surface area contributed by atoms with Crippen LogP contribution in [0, 0.1) is 11.3 Å². The van der Waals surface area contributed by atoms with Gasteiger partial charge >= 0.3 is 0 Å². The van der Waals surface area contributed by atoms with Gasteiger partial charge in [-0.3, -0.25) is 4.79 Å². The monoisotopic (exact) mass is 455 g/mol. The van der Waals surface area contributed by atoms with Gasteiger partial charge in [-0.1, -0.05) is 57.7 Å². The zero-order valence-electron chi connectivity index (χ0n) is 19.0. The Morgan fingerprint density at radius 1 is 1.18 bits per heavy atom. The minimum absolute atomic E-state index is 0. The lowest BCUT2D eigenvalue weighted by atomic mass is 9.67. The average molecular weight is 456 g/mol. The van der Waals surface area contributed by atoms with E-state index in [-0.39, 0.29) is 36.2 Å². The molecule has 0 radical (unpaired) electrons. The summed E-state index contributed by atoms with van der Waals surface area (Å²) in [6, 6.07) is 12.4. The van der Waals surface area contributed by atoms with E-state index in [1.165, 1.54) is 7.11 Å². The molecule has 0 bridgehead atoms. The second-order valence-electron chi connectivity index (χ2n) is 9.83. The molecule has 5 atom stereocenters. The number of nitrogens with one attached hydrogen (secondary N) is 1. The number of aryl methyl sites for hydroxylation is 1. The summed E-state index contributed by atoms with van der Waals surface area (Å²) in [5, 5.41) is 36.1. The molecule has 6 heteroatoms. The number of aromatic hydroxyl groups is 1. The van der Waals surface area contributed by atoms with E-state index >= 15 is 0 Å². The molecule has 2 aromatic carbocycles. The quantitative estimate of drug-likeness (QED) is 0.537. The summed E-state index contributed by atoms with van der Waals surface area (Å²) in [5.74, 6) is -0.212. The molecule has 1 heterocycles. The van der Waals surface area contributed by atoms with Crippen LogP contribution in [0.5, 0.6) is 5.75 Å². The molecule has 0 spiro atoms. The Morgan fingerprint density at radius 3 is 2.52 bits per heavy atom. The Labute approximate surface area is 196 Å². The normalized spacial score (nSPS) is 31.3. The van der Waals surface area contributed by atoms with Gasteiger partial charge in [-0.2, -0.15) is 0 Å². The Balaban J connectivity index is 0.00000306. The zero-order valence-corrected chi connectivity index (χ0v) is 19.0. The van der Waals surface area contributed by atoms with E-state index in [1.807, 2.05) is 12.1 Å². The molecule has 33 heavy (non-hydrogen) atoms. The van der Waals surface area contributed by atoms with Crippen molar-refractivity contribution in [2.45, 2.75) is 71.2 Å². The van der Waals surface area contributed by atoms with Crippen molar-refractivity contribution in [1.29, 1.82) is 0 Å². The van der Waals surface area contributed by atoms with Crippen LogP contribution in [0.4, 0.5) is 5.69 Å². The summed E-state index contributed by atoms with van der Waals surface area (Å²) in [4.78, 5) is 12.7. The molecule has 1 aliphatic heterocycles. The maximum absolute atomic E-state index is 12.7. The van der Waals surface area contributed by atoms with Crippen LogP contribution in [-0.2, 0) is 21.6 Å². The first kappa shape index (κ1) is 25.2. The molecule has 4 N–H and O–H groups in total. The van der Waals surface area contributed by atoms with Crippen molar-refractivity contribution in [2.75, 3.05) is 12.4 Å². The molecule has 1 amide bonds. The second kappa shape index (κ2) is 9.45. The smallest absolute Gasteiger partial charge is 0.257 e. The van der Waals surface area contributed by atoms with Gasteiger partial charge < -0.3 is 25.4 Å². The fourth-order valence-electron chi connectivity index (χ4n) is 5.57. The van der Waals surface area contributed by atoms with Crippen molar-refractivity contribution in [3.8, 4) is 5.75 Å². The van der Waals surface area contributed by atoms with Gasteiger partial charge in [0, 0.05) is 7.11 Å². The highest BCUT2D eigenvalue weighted by atomic mass is 16.5. The third-order valence-electron chi connectivity index (χ3n) is 7.48. The van der Waals surface area contributed by atoms with Crippen molar-refractivity contribution in [1.82, 2.24) is 0 Å². The van der Waals surface area contributed by atoms with Crippen molar-refractivity contribution in [2.24, 2.45) is 11.3 Å². The molecule has 0 aromatic heterocycles. The Hall–Kier alpha value is -2.41. The molecule has 0 saturated heterocycles. The Kier molecular flexibility index (Phi) is 7.22. The van der Waals surface area contributed by atoms with Crippen LogP contribution in [0.1, 0.15) is 63.6 Å². The first-order valence-corrected chi connectivity index (χ1v) is 11.3. The Bertz CT molecular complexity index is 994. The minimum atomic E-state index is -1.82. The predicted molar refractivity (Wildman–Crippen MR) is 129 cm³/mol. The number of hydrogen-bond acceptors (Lipinski definition) is 5. The molecular formula is C27H37NO5. The van der Waals surface area contributed by atoms with Crippen molar-refractivity contribution in [3.63, 3.8) is 0 Å². The number of carbonyl (C=O) groups excluding carboxylic acids is 1. The van der Waals surface area contributed by atoms with E-state index in [4.69, 9.17) is 4.74 Å². The highest BCUT2D eigenvalue weighted by Gasteiger charge is 2.51. The molecular weight excluding hydrogens is 418 g/mol. The van der Waals surface area contributed by atoms with Gasteiger partial charge in [-0.15, -0.1) is 0 Å². The van der Waals surface area contributed by atoms with E-state index in [2.05, 4.69) is 19.2 Å². The number of rotatable bonds is 5. The average Bonchev–Trinajstić information content (AvgIpc) is 2.77. The van der Waals surface area contributed by atoms with Gasteiger partial charge in [0.15, 0.2) is 11.7 Å². The number of phenols is 1. The van der Waals surface area contributed by atoms with Crippen LogP contribution < -0.4 is 5.32 Å². The lowest BCUT2D eigenvalue weighted by Crippen LogP contribution is -2.52. The highest BCUT2D eigenvalue weighted by molar-refractivity contribution is 6.00. The minimum Gasteiger partial charge on any atom is -0.507 e. The molecule has 180 valence electrons. The fourth-order valence-corrected chi connectivity index (χ4v) is 5.57. The van der Waals surface area contributed by atoms with Gasteiger partial charge in [0.05, 0.1) is 17.4 Å².